The standard InChI is InChI=1S/C22H22Cl2N2O3/c23-16-5-10-20(19(24)11-16)29-13-21(27)26(18-8-9-18)12-14-1-3-15(4-2-14)22(28)25-17-6-7-17/h1-5,10-11,17-18H,6-9,12-13H2,(H,25,28). The summed E-state index contributed by atoms with van der Waals surface area (Å²) in [6, 6.07) is 12.9. The number of hydrogen-bond donors (Lipinski definition) is 1. The van der Waals surface area contributed by atoms with Gasteiger partial charge in [0.05, 0.1) is 5.02 Å². The van der Waals surface area contributed by atoms with Gasteiger partial charge in [-0.15, -0.1) is 0 Å². The molecule has 0 radical (unpaired) electrons. The van der Waals surface area contributed by atoms with Gasteiger partial charge in [0.25, 0.3) is 11.8 Å². The van der Waals surface area contributed by atoms with Gasteiger partial charge in [-0.25, -0.2) is 0 Å². The highest BCUT2D eigenvalue weighted by Crippen LogP contribution is 2.30. The van der Waals surface area contributed by atoms with E-state index in [1.54, 1.807) is 18.2 Å². The number of halogens is 2. The third-order valence-electron chi connectivity index (χ3n) is 5.03. The van der Waals surface area contributed by atoms with Crippen molar-refractivity contribution in [1.82, 2.24) is 10.2 Å². The lowest BCUT2D eigenvalue weighted by Crippen LogP contribution is -2.36. The molecule has 7 heteroatoms. The molecule has 2 saturated carbocycles. The Morgan fingerprint density at radius 3 is 2.38 bits per heavy atom. The number of benzene rings is 2. The minimum absolute atomic E-state index is 0.0394. The first-order valence-corrected chi connectivity index (χ1v) is 10.5. The maximum atomic E-state index is 12.8. The van der Waals surface area contributed by atoms with Crippen molar-refractivity contribution in [2.45, 2.75) is 44.3 Å². The zero-order chi connectivity index (χ0) is 20.4. The van der Waals surface area contributed by atoms with Crippen molar-refractivity contribution in [3.8, 4) is 5.75 Å². The van der Waals surface area contributed by atoms with Gasteiger partial charge in [-0.3, -0.25) is 9.59 Å². The maximum Gasteiger partial charge on any atom is 0.261 e. The number of rotatable bonds is 8. The SMILES string of the molecule is O=C(NC1CC1)c1ccc(CN(C(=O)COc2ccc(Cl)cc2Cl)C2CC2)cc1. The number of carbonyl (C=O) groups is 2. The molecule has 29 heavy (non-hydrogen) atoms. The highest BCUT2D eigenvalue weighted by atomic mass is 35.5. The molecule has 0 aliphatic heterocycles. The van der Waals surface area contributed by atoms with Crippen molar-refractivity contribution in [2.24, 2.45) is 0 Å². The van der Waals surface area contributed by atoms with E-state index in [-0.39, 0.29) is 24.5 Å². The van der Waals surface area contributed by atoms with Crippen LogP contribution in [0.1, 0.15) is 41.6 Å². The van der Waals surface area contributed by atoms with Crippen molar-refractivity contribution < 1.29 is 14.3 Å². The van der Waals surface area contributed by atoms with Crippen molar-refractivity contribution in [1.29, 1.82) is 0 Å². The van der Waals surface area contributed by atoms with E-state index >= 15 is 0 Å². The largest absolute Gasteiger partial charge is 0.482 e. The third kappa shape index (κ3) is 5.43. The second-order valence-electron chi connectivity index (χ2n) is 7.56. The number of hydrogen-bond acceptors (Lipinski definition) is 3. The van der Waals surface area contributed by atoms with Crippen LogP contribution in [0.3, 0.4) is 0 Å². The second kappa shape index (κ2) is 8.64. The van der Waals surface area contributed by atoms with Gasteiger partial charge in [-0.2, -0.15) is 0 Å². The molecule has 0 bridgehead atoms. The lowest BCUT2D eigenvalue weighted by atomic mass is 10.1. The summed E-state index contributed by atoms with van der Waals surface area (Å²) in [6.07, 6.45) is 4.11. The lowest BCUT2D eigenvalue weighted by Gasteiger charge is -2.23. The number of nitrogens with zero attached hydrogens (tertiary/aromatic N) is 1. The zero-order valence-corrected chi connectivity index (χ0v) is 17.4. The van der Waals surface area contributed by atoms with Crippen LogP contribution >= 0.6 is 23.2 Å². The normalized spacial score (nSPS) is 15.7. The van der Waals surface area contributed by atoms with E-state index in [1.807, 2.05) is 29.2 Å². The highest BCUT2D eigenvalue weighted by molar-refractivity contribution is 6.35. The van der Waals surface area contributed by atoms with Crippen LogP contribution in [0.15, 0.2) is 42.5 Å². The third-order valence-corrected chi connectivity index (χ3v) is 5.57. The van der Waals surface area contributed by atoms with Crippen molar-refractivity contribution in [2.75, 3.05) is 6.61 Å². The fourth-order valence-electron chi connectivity index (χ4n) is 3.08. The Hall–Kier alpha value is -2.24. The molecular weight excluding hydrogens is 411 g/mol. The molecule has 0 unspecified atom stereocenters. The summed E-state index contributed by atoms with van der Waals surface area (Å²) >= 11 is 12.0. The van der Waals surface area contributed by atoms with E-state index in [4.69, 9.17) is 27.9 Å². The smallest absolute Gasteiger partial charge is 0.261 e. The molecule has 0 heterocycles. The molecule has 0 saturated heterocycles. The minimum Gasteiger partial charge on any atom is -0.482 e. The molecule has 2 aromatic carbocycles. The van der Waals surface area contributed by atoms with Crippen LogP contribution in [0.2, 0.25) is 10.0 Å². The topological polar surface area (TPSA) is 58.6 Å². The molecule has 4 rings (SSSR count). The Labute approximate surface area is 179 Å². The van der Waals surface area contributed by atoms with E-state index in [2.05, 4.69) is 5.32 Å². The molecule has 0 atom stereocenters. The van der Waals surface area contributed by atoms with E-state index < -0.39 is 0 Å². The Balaban J connectivity index is 1.36. The Morgan fingerprint density at radius 2 is 1.76 bits per heavy atom. The average molecular weight is 433 g/mol. The summed E-state index contributed by atoms with van der Waals surface area (Å²) in [5.74, 6) is 0.308. The molecule has 2 aliphatic carbocycles. The van der Waals surface area contributed by atoms with Gasteiger partial charge >= 0.3 is 0 Å². The van der Waals surface area contributed by atoms with E-state index in [0.29, 0.717) is 33.9 Å². The molecule has 1 N–H and O–H groups in total. The summed E-state index contributed by atoms with van der Waals surface area (Å²) in [4.78, 5) is 26.7. The summed E-state index contributed by atoms with van der Waals surface area (Å²) < 4.78 is 5.61. The predicted octanol–water partition coefficient (Wildman–Crippen LogP) is 4.46. The fraction of sp³-hybridized carbons (Fsp3) is 0.364. The lowest BCUT2D eigenvalue weighted by molar-refractivity contribution is -0.134. The second-order valence-corrected chi connectivity index (χ2v) is 8.40. The highest BCUT2D eigenvalue weighted by Gasteiger charge is 2.33. The van der Waals surface area contributed by atoms with E-state index in [9.17, 15) is 9.59 Å². The van der Waals surface area contributed by atoms with Crippen molar-refractivity contribution >= 4 is 35.0 Å². The molecule has 0 aromatic heterocycles. The Kier molecular flexibility index (Phi) is 5.97. The molecule has 152 valence electrons. The van der Waals surface area contributed by atoms with Crippen LogP contribution in [-0.4, -0.2) is 35.4 Å². The molecule has 2 aromatic rings. The van der Waals surface area contributed by atoms with Crippen molar-refractivity contribution in [3.05, 3.63) is 63.6 Å². The van der Waals surface area contributed by atoms with Gasteiger partial charge in [0.1, 0.15) is 5.75 Å². The Morgan fingerprint density at radius 1 is 1.03 bits per heavy atom. The van der Waals surface area contributed by atoms with Gasteiger partial charge in [0.15, 0.2) is 6.61 Å². The molecule has 5 nitrogen and oxygen atoms in total. The van der Waals surface area contributed by atoms with Crippen LogP contribution in [0.4, 0.5) is 0 Å². The van der Waals surface area contributed by atoms with Crippen molar-refractivity contribution in [3.63, 3.8) is 0 Å². The summed E-state index contributed by atoms with van der Waals surface area (Å²) in [5, 5.41) is 3.87. The van der Waals surface area contributed by atoms with Gasteiger partial charge in [-0.05, 0) is 61.6 Å². The van der Waals surface area contributed by atoms with Crippen LogP contribution < -0.4 is 10.1 Å². The number of carbonyl (C=O) groups excluding carboxylic acids is 2. The summed E-state index contributed by atoms with van der Waals surface area (Å²) in [7, 11) is 0. The number of ether oxygens (including phenoxy) is 1. The molecule has 2 fully saturated rings. The summed E-state index contributed by atoms with van der Waals surface area (Å²) in [6.45, 7) is 0.408. The van der Waals surface area contributed by atoms with Gasteiger partial charge < -0.3 is 15.0 Å². The number of amides is 2. The van der Waals surface area contributed by atoms with Gasteiger partial charge in [-0.1, -0.05) is 35.3 Å². The molecule has 2 aliphatic rings. The maximum absolute atomic E-state index is 12.8. The molecule has 0 spiro atoms. The van der Waals surface area contributed by atoms with E-state index in [0.717, 1.165) is 31.2 Å². The van der Waals surface area contributed by atoms with Crippen LogP contribution in [0.25, 0.3) is 0 Å². The monoisotopic (exact) mass is 432 g/mol. The fourth-order valence-corrected chi connectivity index (χ4v) is 3.54. The first-order valence-electron chi connectivity index (χ1n) is 9.77. The number of nitrogens with one attached hydrogen (secondary N) is 1. The van der Waals surface area contributed by atoms with Crippen LogP contribution in [0, 0.1) is 0 Å². The molecular formula is C22H22Cl2N2O3. The Bertz CT molecular complexity index is 909. The van der Waals surface area contributed by atoms with Gasteiger partial charge in [0, 0.05) is 29.2 Å². The van der Waals surface area contributed by atoms with E-state index in [1.165, 1.54) is 0 Å². The van der Waals surface area contributed by atoms with Gasteiger partial charge in [0.2, 0.25) is 0 Å². The zero-order valence-electron chi connectivity index (χ0n) is 15.9. The first kappa shape index (κ1) is 20.0. The van der Waals surface area contributed by atoms with Crippen LogP contribution in [0.5, 0.6) is 5.75 Å². The average Bonchev–Trinajstić information content (AvgIpc) is 3.60. The summed E-state index contributed by atoms with van der Waals surface area (Å²) in [5.41, 5.74) is 1.63. The first-order chi connectivity index (χ1) is 14.0. The quantitative estimate of drug-likeness (QED) is 0.669. The minimum atomic E-state index is -0.0888. The van der Waals surface area contributed by atoms with Crippen LogP contribution in [-0.2, 0) is 11.3 Å². The predicted molar refractivity (Wildman–Crippen MR) is 112 cm³/mol. The molecule has 2 amide bonds.